The van der Waals surface area contributed by atoms with Crippen LogP contribution >= 0.6 is 0 Å². The highest BCUT2D eigenvalue weighted by atomic mass is 16.3. The molecule has 1 saturated carbocycles. The molecule has 1 fully saturated rings. The van der Waals surface area contributed by atoms with Gasteiger partial charge >= 0.3 is 0 Å². The monoisotopic (exact) mass is 139 g/mol. The predicted octanol–water partition coefficient (Wildman–Crippen LogP) is 1.45. The van der Waals surface area contributed by atoms with Crippen molar-refractivity contribution in [1.29, 1.82) is 5.26 Å². The Morgan fingerprint density at radius 2 is 2.00 bits per heavy atom. The van der Waals surface area contributed by atoms with Gasteiger partial charge in [0.2, 0.25) is 0 Å². The van der Waals surface area contributed by atoms with Crippen LogP contribution in [0.3, 0.4) is 0 Å². The van der Waals surface area contributed by atoms with Crippen molar-refractivity contribution >= 4 is 0 Å². The molecule has 0 unspecified atom stereocenters. The first-order chi connectivity index (χ1) is 4.52. The lowest BCUT2D eigenvalue weighted by molar-refractivity contribution is -0.101. The zero-order valence-electron chi connectivity index (χ0n) is 6.52. The van der Waals surface area contributed by atoms with Crippen LogP contribution < -0.4 is 0 Å². The van der Waals surface area contributed by atoms with E-state index in [1.165, 1.54) is 0 Å². The maximum atomic E-state index is 9.72. The molecule has 0 bridgehead atoms. The van der Waals surface area contributed by atoms with Gasteiger partial charge in [-0.3, -0.25) is 0 Å². The van der Waals surface area contributed by atoms with Gasteiger partial charge in [0.15, 0.2) is 0 Å². The molecule has 1 N–H and O–H groups in total. The zero-order chi connectivity index (χ0) is 7.83. The van der Waals surface area contributed by atoms with Gasteiger partial charge in [-0.2, -0.15) is 5.26 Å². The standard InChI is InChI=1S/C8H13NO/c1-7(2,6-9)8(10)4-3-5-8/h10H,3-5H2,1-2H3. The Morgan fingerprint density at radius 1 is 1.50 bits per heavy atom. The first-order valence-corrected chi connectivity index (χ1v) is 3.65. The Balaban J connectivity index is 2.73. The summed E-state index contributed by atoms with van der Waals surface area (Å²) in [6.07, 6.45) is 2.63. The first kappa shape index (κ1) is 7.56. The van der Waals surface area contributed by atoms with Crippen LogP contribution in [0, 0.1) is 16.7 Å². The fourth-order valence-electron chi connectivity index (χ4n) is 1.24. The van der Waals surface area contributed by atoms with Gasteiger partial charge in [-0.1, -0.05) is 0 Å². The maximum Gasteiger partial charge on any atom is 0.0827 e. The third kappa shape index (κ3) is 0.819. The Morgan fingerprint density at radius 3 is 2.10 bits per heavy atom. The summed E-state index contributed by atoms with van der Waals surface area (Å²) in [5, 5.41) is 18.4. The Hall–Kier alpha value is -0.550. The minimum atomic E-state index is -0.693. The molecule has 0 saturated heterocycles. The van der Waals surface area contributed by atoms with E-state index >= 15 is 0 Å². The number of nitrogens with zero attached hydrogens (tertiary/aromatic N) is 1. The summed E-state index contributed by atoms with van der Waals surface area (Å²) < 4.78 is 0. The molecule has 56 valence electrons. The van der Waals surface area contributed by atoms with E-state index in [0.717, 1.165) is 19.3 Å². The second kappa shape index (κ2) is 1.96. The molecular formula is C8H13NO. The van der Waals surface area contributed by atoms with Gasteiger partial charge in [0, 0.05) is 0 Å². The predicted molar refractivity (Wildman–Crippen MR) is 38.2 cm³/mol. The van der Waals surface area contributed by atoms with E-state index in [-0.39, 0.29) is 0 Å². The highest BCUT2D eigenvalue weighted by Gasteiger charge is 2.48. The van der Waals surface area contributed by atoms with E-state index in [9.17, 15) is 5.11 Å². The molecule has 1 aliphatic rings. The molecule has 0 aliphatic heterocycles. The largest absolute Gasteiger partial charge is 0.388 e. The second-order valence-electron chi connectivity index (χ2n) is 3.62. The molecule has 0 amide bonds. The summed E-state index contributed by atoms with van der Waals surface area (Å²) in [6.45, 7) is 3.60. The highest BCUT2D eigenvalue weighted by molar-refractivity contribution is 5.09. The van der Waals surface area contributed by atoms with E-state index < -0.39 is 11.0 Å². The summed E-state index contributed by atoms with van der Waals surface area (Å²) in [5.41, 5.74) is -1.26. The van der Waals surface area contributed by atoms with E-state index in [1.54, 1.807) is 13.8 Å². The number of aliphatic hydroxyl groups is 1. The molecule has 0 radical (unpaired) electrons. The van der Waals surface area contributed by atoms with Crippen molar-refractivity contribution in [2.75, 3.05) is 0 Å². The van der Waals surface area contributed by atoms with Gasteiger partial charge in [0.25, 0.3) is 0 Å². The van der Waals surface area contributed by atoms with Crippen LogP contribution in [0.4, 0.5) is 0 Å². The normalized spacial score (nSPS) is 23.0. The fraction of sp³-hybridized carbons (Fsp3) is 0.875. The lowest BCUT2D eigenvalue weighted by atomic mass is 9.64. The molecule has 0 heterocycles. The number of rotatable bonds is 1. The molecule has 1 rings (SSSR count). The van der Waals surface area contributed by atoms with Crippen molar-refractivity contribution in [3.05, 3.63) is 0 Å². The van der Waals surface area contributed by atoms with Crippen molar-refractivity contribution < 1.29 is 5.11 Å². The van der Waals surface area contributed by atoms with Crippen molar-refractivity contribution in [1.82, 2.24) is 0 Å². The SMILES string of the molecule is CC(C)(C#N)C1(O)CCC1. The summed E-state index contributed by atoms with van der Waals surface area (Å²) in [4.78, 5) is 0. The zero-order valence-corrected chi connectivity index (χ0v) is 6.52. The third-order valence-electron chi connectivity index (χ3n) is 2.62. The molecule has 0 spiro atoms. The van der Waals surface area contributed by atoms with Gasteiger partial charge in [-0.05, 0) is 33.1 Å². The highest BCUT2D eigenvalue weighted by Crippen LogP contribution is 2.45. The fourth-order valence-corrected chi connectivity index (χ4v) is 1.24. The van der Waals surface area contributed by atoms with Gasteiger partial charge in [0.1, 0.15) is 0 Å². The minimum Gasteiger partial charge on any atom is -0.388 e. The number of hydrogen-bond acceptors (Lipinski definition) is 2. The Labute approximate surface area is 61.5 Å². The molecule has 0 aromatic carbocycles. The summed E-state index contributed by atoms with van der Waals surface area (Å²) in [7, 11) is 0. The molecule has 0 aromatic heterocycles. The van der Waals surface area contributed by atoms with E-state index in [1.807, 2.05) is 0 Å². The Bertz CT molecular complexity index is 174. The summed E-state index contributed by atoms with van der Waals surface area (Å²) in [6, 6.07) is 2.13. The average Bonchev–Trinajstić information content (AvgIpc) is 1.82. The number of nitriles is 1. The van der Waals surface area contributed by atoms with Crippen LogP contribution in [0.15, 0.2) is 0 Å². The first-order valence-electron chi connectivity index (χ1n) is 3.65. The molecule has 0 aromatic rings. The van der Waals surface area contributed by atoms with Crippen LogP contribution in [0.2, 0.25) is 0 Å². The van der Waals surface area contributed by atoms with Crippen LogP contribution in [0.5, 0.6) is 0 Å². The maximum absolute atomic E-state index is 9.72. The quantitative estimate of drug-likeness (QED) is 0.597. The van der Waals surface area contributed by atoms with Gasteiger partial charge < -0.3 is 5.11 Å². The van der Waals surface area contributed by atoms with Crippen LogP contribution in [-0.4, -0.2) is 10.7 Å². The van der Waals surface area contributed by atoms with E-state index in [0.29, 0.717) is 0 Å². The van der Waals surface area contributed by atoms with Gasteiger partial charge in [-0.25, -0.2) is 0 Å². The van der Waals surface area contributed by atoms with Crippen LogP contribution in [-0.2, 0) is 0 Å². The van der Waals surface area contributed by atoms with Crippen molar-refractivity contribution in [2.45, 2.75) is 38.7 Å². The van der Waals surface area contributed by atoms with E-state index in [2.05, 4.69) is 6.07 Å². The summed E-state index contributed by atoms with van der Waals surface area (Å²) in [5.74, 6) is 0. The molecule has 0 atom stereocenters. The Kier molecular flexibility index (Phi) is 1.48. The van der Waals surface area contributed by atoms with Gasteiger partial charge in [-0.15, -0.1) is 0 Å². The van der Waals surface area contributed by atoms with E-state index in [4.69, 9.17) is 5.26 Å². The van der Waals surface area contributed by atoms with Crippen molar-refractivity contribution in [3.8, 4) is 6.07 Å². The molecule has 1 aliphatic carbocycles. The van der Waals surface area contributed by atoms with Crippen molar-refractivity contribution in [3.63, 3.8) is 0 Å². The van der Waals surface area contributed by atoms with Gasteiger partial charge in [0.05, 0.1) is 17.1 Å². The minimum absolute atomic E-state index is 0.564. The molecular weight excluding hydrogens is 126 g/mol. The average molecular weight is 139 g/mol. The smallest absolute Gasteiger partial charge is 0.0827 e. The lowest BCUT2D eigenvalue weighted by Crippen LogP contribution is -2.49. The second-order valence-corrected chi connectivity index (χ2v) is 3.62. The molecule has 2 nitrogen and oxygen atoms in total. The molecule has 10 heavy (non-hydrogen) atoms. The summed E-state index contributed by atoms with van der Waals surface area (Å²) >= 11 is 0. The van der Waals surface area contributed by atoms with Crippen LogP contribution in [0.25, 0.3) is 0 Å². The lowest BCUT2D eigenvalue weighted by Gasteiger charge is -2.45. The third-order valence-corrected chi connectivity index (χ3v) is 2.62. The van der Waals surface area contributed by atoms with Crippen LogP contribution in [0.1, 0.15) is 33.1 Å². The molecule has 2 heteroatoms. The van der Waals surface area contributed by atoms with Crippen molar-refractivity contribution in [2.24, 2.45) is 5.41 Å². The number of hydrogen-bond donors (Lipinski definition) is 1. The topological polar surface area (TPSA) is 44.0 Å².